The summed E-state index contributed by atoms with van der Waals surface area (Å²) in [6.45, 7) is 6.03. The average molecular weight is 411 g/mol. The number of allylic oxidation sites excluding steroid dienone is 1. The van der Waals surface area contributed by atoms with Gasteiger partial charge >= 0.3 is 0 Å². The average Bonchev–Trinajstić information content (AvgIpc) is 2.79. The van der Waals surface area contributed by atoms with Crippen molar-refractivity contribution in [2.45, 2.75) is 24.9 Å². The van der Waals surface area contributed by atoms with Gasteiger partial charge in [-0.1, -0.05) is 24.8 Å². The fourth-order valence-corrected chi connectivity index (χ4v) is 4.07. The van der Waals surface area contributed by atoms with Gasteiger partial charge in [0.25, 0.3) is 11.8 Å². The quantitative estimate of drug-likeness (QED) is 0.841. The van der Waals surface area contributed by atoms with E-state index in [4.69, 9.17) is 5.73 Å². The number of benzene rings is 1. The van der Waals surface area contributed by atoms with E-state index < -0.39 is 40.5 Å². The van der Waals surface area contributed by atoms with Crippen molar-refractivity contribution in [1.82, 2.24) is 9.47 Å². The zero-order valence-corrected chi connectivity index (χ0v) is 16.2. The van der Waals surface area contributed by atoms with E-state index in [1.807, 2.05) is 0 Å². The van der Waals surface area contributed by atoms with E-state index in [9.17, 15) is 23.2 Å². The molecular formula is C22H19F2N3O3. The molecule has 2 aliphatic rings. The second-order valence-corrected chi connectivity index (χ2v) is 7.82. The predicted octanol–water partition coefficient (Wildman–Crippen LogP) is 2.35. The Labute approximate surface area is 170 Å². The molecule has 0 fully saturated rings. The van der Waals surface area contributed by atoms with E-state index in [0.717, 1.165) is 12.1 Å². The molecule has 2 N–H and O–H groups in total. The van der Waals surface area contributed by atoms with Gasteiger partial charge in [0.15, 0.2) is 5.43 Å². The summed E-state index contributed by atoms with van der Waals surface area (Å²) in [7, 11) is 0. The molecule has 0 saturated carbocycles. The Bertz CT molecular complexity index is 1200. The summed E-state index contributed by atoms with van der Waals surface area (Å²) < 4.78 is 29.1. The summed E-state index contributed by atoms with van der Waals surface area (Å²) >= 11 is 0. The Balaban J connectivity index is 1.83. The molecule has 0 aliphatic carbocycles. The first kappa shape index (κ1) is 19.8. The topological polar surface area (TPSA) is 85.4 Å². The number of aromatic nitrogens is 1. The third-order valence-electron chi connectivity index (χ3n) is 5.77. The molecule has 0 radical (unpaired) electrons. The molecule has 30 heavy (non-hydrogen) atoms. The minimum absolute atomic E-state index is 0.0944. The molecular weight excluding hydrogens is 392 g/mol. The van der Waals surface area contributed by atoms with Crippen LogP contribution in [0.15, 0.2) is 59.6 Å². The highest BCUT2D eigenvalue weighted by molar-refractivity contribution is 5.97. The van der Waals surface area contributed by atoms with Crippen molar-refractivity contribution < 1.29 is 18.4 Å². The Morgan fingerprint density at radius 2 is 2.03 bits per heavy atom. The second-order valence-electron chi connectivity index (χ2n) is 7.82. The number of nitrogens with two attached hydrogens (primary N) is 1. The molecule has 2 amide bonds. The van der Waals surface area contributed by atoms with Gasteiger partial charge in [-0.25, -0.2) is 8.78 Å². The molecule has 2 bridgehead atoms. The number of nitrogens with zero attached hydrogens (tertiary/aromatic N) is 2. The number of primary amides is 1. The van der Waals surface area contributed by atoms with Crippen molar-refractivity contribution in [3.8, 4) is 0 Å². The standard InChI is InChI=1S/C22H19F2N3O3/c1-12-5-6-22(2,9-13-3-4-14(23)7-16(13)24)27-11-18(12)26-10-15(20(25)29)19(28)8-17(26)21(27)30/h3-8,10,18H,1,9,11H2,2H3,(H2,25,29). The number of hydrogen-bond donors (Lipinski definition) is 1. The number of rotatable bonds is 3. The summed E-state index contributed by atoms with van der Waals surface area (Å²) in [5.41, 5.74) is 4.48. The lowest BCUT2D eigenvalue weighted by Crippen LogP contribution is -2.55. The molecule has 0 saturated heterocycles. The second kappa shape index (κ2) is 6.76. The highest BCUT2D eigenvalue weighted by Gasteiger charge is 2.43. The van der Waals surface area contributed by atoms with Crippen molar-refractivity contribution in [1.29, 1.82) is 0 Å². The molecule has 4 rings (SSSR count). The maximum Gasteiger partial charge on any atom is 0.271 e. The van der Waals surface area contributed by atoms with Gasteiger partial charge in [0.2, 0.25) is 0 Å². The normalized spacial score (nSPS) is 22.6. The minimum Gasteiger partial charge on any atom is -0.365 e. The molecule has 3 heterocycles. The first-order chi connectivity index (χ1) is 14.1. The van der Waals surface area contributed by atoms with Crippen LogP contribution in [0.5, 0.6) is 0 Å². The summed E-state index contributed by atoms with van der Waals surface area (Å²) in [5.74, 6) is -2.70. The monoisotopic (exact) mass is 411 g/mol. The maximum absolute atomic E-state index is 14.3. The van der Waals surface area contributed by atoms with Crippen LogP contribution in [0.25, 0.3) is 0 Å². The fourth-order valence-electron chi connectivity index (χ4n) is 4.07. The van der Waals surface area contributed by atoms with Gasteiger partial charge in [-0.3, -0.25) is 14.4 Å². The first-order valence-electron chi connectivity index (χ1n) is 9.30. The fraction of sp³-hybridized carbons (Fsp3) is 0.227. The molecule has 2 aromatic rings. The van der Waals surface area contributed by atoms with Gasteiger partial charge in [-0.15, -0.1) is 0 Å². The van der Waals surface area contributed by atoms with Crippen LogP contribution >= 0.6 is 0 Å². The number of hydrogen-bond acceptors (Lipinski definition) is 3. The number of carbonyl (C=O) groups excluding carboxylic acids is 2. The van der Waals surface area contributed by atoms with E-state index in [1.54, 1.807) is 24.0 Å². The van der Waals surface area contributed by atoms with Crippen LogP contribution in [-0.2, 0) is 6.42 Å². The van der Waals surface area contributed by atoms with Crippen LogP contribution in [-0.4, -0.2) is 33.4 Å². The Kier molecular flexibility index (Phi) is 4.45. The van der Waals surface area contributed by atoms with E-state index in [-0.39, 0.29) is 29.8 Å². The van der Waals surface area contributed by atoms with Crippen molar-refractivity contribution >= 4 is 11.8 Å². The van der Waals surface area contributed by atoms with Gasteiger partial charge in [0.05, 0.1) is 11.6 Å². The van der Waals surface area contributed by atoms with Crippen molar-refractivity contribution in [2.24, 2.45) is 5.73 Å². The van der Waals surface area contributed by atoms with Gasteiger partial charge < -0.3 is 15.2 Å². The van der Waals surface area contributed by atoms with E-state index in [1.165, 1.54) is 22.9 Å². The summed E-state index contributed by atoms with van der Waals surface area (Å²) in [5, 5.41) is 0. The van der Waals surface area contributed by atoms with Crippen molar-refractivity contribution in [3.63, 3.8) is 0 Å². The minimum atomic E-state index is -0.947. The smallest absolute Gasteiger partial charge is 0.271 e. The SMILES string of the molecule is C=C1C=CC(C)(Cc2ccc(F)cc2F)N2CC1n1cc(C(N)=O)c(=O)cc1C2=O. The van der Waals surface area contributed by atoms with Crippen LogP contribution in [0.2, 0.25) is 0 Å². The molecule has 154 valence electrons. The van der Waals surface area contributed by atoms with Crippen LogP contribution < -0.4 is 11.2 Å². The highest BCUT2D eigenvalue weighted by atomic mass is 19.1. The molecule has 1 aromatic heterocycles. The first-order valence-corrected chi connectivity index (χ1v) is 9.30. The number of pyridine rings is 1. The summed E-state index contributed by atoms with van der Waals surface area (Å²) in [6.07, 6.45) is 4.90. The van der Waals surface area contributed by atoms with Gasteiger partial charge in [-0.05, 0) is 24.1 Å². The Morgan fingerprint density at radius 1 is 1.30 bits per heavy atom. The zero-order valence-electron chi connectivity index (χ0n) is 16.2. The predicted molar refractivity (Wildman–Crippen MR) is 106 cm³/mol. The van der Waals surface area contributed by atoms with Crippen LogP contribution in [0.1, 0.15) is 39.4 Å². The molecule has 0 spiro atoms. The lowest BCUT2D eigenvalue weighted by Gasteiger charge is -2.44. The van der Waals surface area contributed by atoms with Crippen LogP contribution in [0.3, 0.4) is 0 Å². The molecule has 6 nitrogen and oxygen atoms in total. The lowest BCUT2D eigenvalue weighted by molar-refractivity contribution is 0.0508. The lowest BCUT2D eigenvalue weighted by atomic mass is 9.89. The van der Waals surface area contributed by atoms with Gasteiger partial charge in [-0.2, -0.15) is 0 Å². The third-order valence-corrected chi connectivity index (χ3v) is 5.77. The molecule has 8 heteroatoms. The maximum atomic E-state index is 14.3. The van der Waals surface area contributed by atoms with Crippen LogP contribution in [0.4, 0.5) is 8.78 Å². The highest BCUT2D eigenvalue weighted by Crippen LogP contribution is 2.37. The van der Waals surface area contributed by atoms with Crippen molar-refractivity contribution in [3.05, 3.63) is 93.4 Å². The number of fused-ring (bicyclic) bond motifs is 4. The molecule has 2 aliphatic heterocycles. The van der Waals surface area contributed by atoms with Gasteiger partial charge in [0.1, 0.15) is 22.9 Å². The zero-order chi connectivity index (χ0) is 21.8. The van der Waals surface area contributed by atoms with Gasteiger partial charge in [0, 0.05) is 31.3 Å². The molecule has 1 aromatic carbocycles. The number of amides is 2. The Hall–Kier alpha value is -3.55. The Morgan fingerprint density at radius 3 is 2.70 bits per heavy atom. The largest absolute Gasteiger partial charge is 0.365 e. The van der Waals surface area contributed by atoms with Crippen molar-refractivity contribution in [2.75, 3.05) is 6.54 Å². The summed E-state index contributed by atoms with van der Waals surface area (Å²) in [6, 6.07) is 4.00. The number of carbonyl (C=O) groups is 2. The van der Waals surface area contributed by atoms with E-state index in [0.29, 0.717) is 5.57 Å². The third kappa shape index (κ3) is 3.04. The van der Waals surface area contributed by atoms with Crippen LogP contribution in [0, 0.1) is 11.6 Å². The van der Waals surface area contributed by atoms with E-state index in [2.05, 4.69) is 6.58 Å². The molecule has 2 atom stereocenters. The van der Waals surface area contributed by atoms with E-state index >= 15 is 0 Å². The number of halogens is 2. The summed E-state index contributed by atoms with van der Waals surface area (Å²) in [4.78, 5) is 38.7. The molecule has 2 unspecified atom stereocenters.